The summed E-state index contributed by atoms with van der Waals surface area (Å²) in [6, 6.07) is 7.85. The lowest BCUT2D eigenvalue weighted by Crippen LogP contribution is -2.02. The molecule has 116 valence electrons. The van der Waals surface area contributed by atoms with Crippen LogP contribution in [0.25, 0.3) is 0 Å². The van der Waals surface area contributed by atoms with Crippen molar-refractivity contribution in [1.82, 2.24) is 4.98 Å². The van der Waals surface area contributed by atoms with Gasteiger partial charge < -0.3 is 19.9 Å². The Bertz CT molecular complexity index is 694. The van der Waals surface area contributed by atoms with E-state index in [2.05, 4.69) is 16.9 Å². The predicted octanol–water partition coefficient (Wildman–Crippen LogP) is 4.16. The fourth-order valence-corrected chi connectivity index (χ4v) is 1.79. The third-order valence-corrected chi connectivity index (χ3v) is 2.85. The van der Waals surface area contributed by atoms with E-state index in [1.165, 1.54) is 7.05 Å². The number of benzene rings is 1. The summed E-state index contributed by atoms with van der Waals surface area (Å²) in [7, 11) is 1.53. The van der Waals surface area contributed by atoms with E-state index in [1.807, 2.05) is 0 Å². The molecule has 2 N–H and O–H groups in total. The van der Waals surface area contributed by atoms with E-state index >= 15 is 0 Å². The fraction of sp³-hybridized carbons (Fsp3) is 0.133. The number of aromatic nitrogens is 1. The Labute approximate surface area is 132 Å². The second-order valence-electron chi connectivity index (χ2n) is 4.26. The molecule has 1 aromatic carbocycles. The van der Waals surface area contributed by atoms with Crippen LogP contribution in [0.5, 0.6) is 17.4 Å². The first-order valence-corrected chi connectivity index (χ1v) is 6.69. The van der Waals surface area contributed by atoms with Crippen LogP contribution in [-0.2, 0) is 0 Å². The number of pyridine rings is 1. The lowest BCUT2D eigenvalue weighted by atomic mass is 10.3. The zero-order valence-electron chi connectivity index (χ0n) is 11.8. The van der Waals surface area contributed by atoms with Gasteiger partial charge >= 0.3 is 0 Å². The van der Waals surface area contributed by atoms with Crippen LogP contribution in [-0.4, -0.2) is 23.7 Å². The van der Waals surface area contributed by atoms with Crippen molar-refractivity contribution in [3.05, 3.63) is 53.5 Å². The Balaban J connectivity index is 2.29. The van der Waals surface area contributed by atoms with Gasteiger partial charge in [0, 0.05) is 13.1 Å². The van der Waals surface area contributed by atoms with E-state index < -0.39 is 5.82 Å². The second-order valence-corrected chi connectivity index (χ2v) is 4.67. The molecule has 0 atom stereocenters. The lowest BCUT2D eigenvalue weighted by Gasteiger charge is -2.13. The quantitative estimate of drug-likeness (QED) is 0.781. The summed E-state index contributed by atoms with van der Waals surface area (Å²) in [6.45, 7) is 3.26. The largest absolute Gasteiger partial charge is 0.509 e. The summed E-state index contributed by atoms with van der Waals surface area (Å²) in [4.78, 5) is 3.96. The van der Waals surface area contributed by atoms with Gasteiger partial charge in [0.05, 0.1) is 0 Å². The third kappa shape index (κ3) is 3.79. The molecule has 0 unspecified atom stereocenters. The molecule has 0 saturated carbocycles. The van der Waals surface area contributed by atoms with Crippen LogP contribution in [0.4, 0.5) is 10.2 Å². The molecule has 2 rings (SSSR count). The van der Waals surface area contributed by atoms with Gasteiger partial charge in [0.1, 0.15) is 17.4 Å². The first-order chi connectivity index (χ1) is 10.5. The standard InChI is InChI=1S/C15H14ClFN2O3/c1-9(20)8-21-12-5-3-4-6-13(12)22-15-10(16)7-11(17)14(18-2)19-15/h3-7,20H,1,8H2,2H3,(H,18,19). The Kier molecular flexibility index (Phi) is 5.06. The molecule has 2 aromatic rings. The first kappa shape index (κ1) is 15.9. The van der Waals surface area contributed by atoms with E-state index in [9.17, 15) is 4.39 Å². The average molecular weight is 325 g/mol. The lowest BCUT2D eigenvalue weighted by molar-refractivity contribution is 0.264. The van der Waals surface area contributed by atoms with Gasteiger partial charge in [0.15, 0.2) is 23.1 Å². The van der Waals surface area contributed by atoms with E-state index in [0.29, 0.717) is 11.5 Å². The van der Waals surface area contributed by atoms with Crippen LogP contribution in [0.3, 0.4) is 0 Å². The smallest absolute Gasteiger partial charge is 0.240 e. The normalized spacial score (nSPS) is 10.1. The Morgan fingerprint density at radius 2 is 2.09 bits per heavy atom. The summed E-state index contributed by atoms with van der Waals surface area (Å²) in [6.07, 6.45) is 0. The van der Waals surface area contributed by atoms with Gasteiger partial charge in [-0.2, -0.15) is 4.98 Å². The van der Waals surface area contributed by atoms with Crippen LogP contribution in [0, 0.1) is 5.82 Å². The molecule has 0 spiro atoms. The third-order valence-electron chi connectivity index (χ3n) is 2.58. The van der Waals surface area contributed by atoms with Crippen molar-refractivity contribution >= 4 is 17.4 Å². The topological polar surface area (TPSA) is 63.6 Å². The highest BCUT2D eigenvalue weighted by molar-refractivity contribution is 6.31. The van der Waals surface area contributed by atoms with Crippen molar-refractivity contribution in [1.29, 1.82) is 0 Å². The molecule has 0 aliphatic rings. The van der Waals surface area contributed by atoms with Gasteiger partial charge in [-0.25, -0.2) is 4.39 Å². The highest BCUT2D eigenvalue weighted by Gasteiger charge is 2.14. The monoisotopic (exact) mass is 324 g/mol. The Morgan fingerprint density at radius 3 is 2.73 bits per heavy atom. The van der Waals surface area contributed by atoms with Gasteiger partial charge in [-0.15, -0.1) is 0 Å². The molecule has 1 heterocycles. The van der Waals surface area contributed by atoms with Gasteiger partial charge in [-0.3, -0.25) is 0 Å². The summed E-state index contributed by atoms with van der Waals surface area (Å²) in [5.41, 5.74) is 0. The SMILES string of the molecule is C=C(O)COc1ccccc1Oc1nc(NC)c(F)cc1Cl. The molecule has 22 heavy (non-hydrogen) atoms. The minimum atomic E-state index is -0.582. The van der Waals surface area contributed by atoms with Crippen LogP contribution < -0.4 is 14.8 Å². The Morgan fingerprint density at radius 1 is 1.41 bits per heavy atom. The molecule has 7 heteroatoms. The van der Waals surface area contributed by atoms with Crippen LogP contribution in [0.2, 0.25) is 5.02 Å². The summed E-state index contributed by atoms with van der Waals surface area (Å²) in [5, 5.41) is 11.7. The predicted molar refractivity (Wildman–Crippen MR) is 82.5 cm³/mol. The van der Waals surface area contributed by atoms with Crippen molar-refractivity contribution in [2.24, 2.45) is 0 Å². The number of halogens is 2. The highest BCUT2D eigenvalue weighted by Crippen LogP contribution is 2.35. The number of aliphatic hydroxyl groups is 1. The minimum absolute atomic E-state index is 0.0153. The maximum Gasteiger partial charge on any atom is 0.240 e. The summed E-state index contributed by atoms with van der Waals surface area (Å²) >= 11 is 5.94. The molecule has 5 nitrogen and oxygen atoms in total. The molecule has 1 aromatic heterocycles. The van der Waals surface area contributed by atoms with Crippen LogP contribution in [0.15, 0.2) is 42.7 Å². The van der Waals surface area contributed by atoms with E-state index in [1.54, 1.807) is 24.3 Å². The van der Waals surface area contributed by atoms with E-state index in [0.717, 1.165) is 6.07 Å². The average Bonchev–Trinajstić information content (AvgIpc) is 2.49. The van der Waals surface area contributed by atoms with Gasteiger partial charge in [0.25, 0.3) is 0 Å². The van der Waals surface area contributed by atoms with Gasteiger partial charge in [-0.05, 0) is 12.1 Å². The molecule has 0 amide bonds. The molecule has 0 fully saturated rings. The zero-order valence-corrected chi connectivity index (χ0v) is 12.5. The van der Waals surface area contributed by atoms with Crippen molar-refractivity contribution in [3.8, 4) is 17.4 Å². The molecular weight excluding hydrogens is 311 g/mol. The number of aliphatic hydroxyl groups excluding tert-OH is 1. The number of anilines is 1. The van der Waals surface area contributed by atoms with Crippen molar-refractivity contribution < 1.29 is 19.0 Å². The van der Waals surface area contributed by atoms with E-state index in [4.69, 9.17) is 26.2 Å². The Hall–Kier alpha value is -2.47. The van der Waals surface area contributed by atoms with Crippen molar-refractivity contribution in [2.45, 2.75) is 0 Å². The van der Waals surface area contributed by atoms with E-state index in [-0.39, 0.29) is 29.1 Å². The molecular formula is C15H14ClFN2O3. The van der Waals surface area contributed by atoms with Crippen molar-refractivity contribution in [3.63, 3.8) is 0 Å². The second kappa shape index (κ2) is 7.00. The minimum Gasteiger partial charge on any atom is -0.509 e. The van der Waals surface area contributed by atoms with Crippen molar-refractivity contribution in [2.75, 3.05) is 19.0 Å². The molecule has 0 aliphatic heterocycles. The van der Waals surface area contributed by atoms with Crippen LogP contribution >= 0.6 is 11.6 Å². The maximum absolute atomic E-state index is 13.5. The zero-order chi connectivity index (χ0) is 16.1. The number of nitrogens with one attached hydrogen (secondary N) is 1. The fourth-order valence-electron chi connectivity index (χ4n) is 1.62. The maximum atomic E-state index is 13.5. The number of ether oxygens (including phenoxy) is 2. The first-order valence-electron chi connectivity index (χ1n) is 6.31. The number of nitrogens with zero attached hydrogens (tertiary/aromatic N) is 1. The summed E-state index contributed by atoms with van der Waals surface area (Å²) < 4.78 is 24.5. The number of rotatable bonds is 6. The number of hydrogen-bond donors (Lipinski definition) is 2. The molecule has 0 saturated heterocycles. The summed E-state index contributed by atoms with van der Waals surface area (Å²) in [5.74, 6) is 0.0386. The number of hydrogen-bond acceptors (Lipinski definition) is 5. The van der Waals surface area contributed by atoms with Gasteiger partial charge in [0.2, 0.25) is 5.88 Å². The number of para-hydroxylation sites is 2. The molecule has 0 radical (unpaired) electrons. The van der Waals surface area contributed by atoms with Gasteiger partial charge in [-0.1, -0.05) is 30.3 Å². The van der Waals surface area contributed by atoms with Crippen LogP contribution in [0.1, 0.15) is 0 Å². The molecule has 0 bridgehead atoms. The highest BCUT2D eigenvalue weighted by atomic mass is 35.5. The molecule has 0 aliphatic carbocycles.